The van der Waals surface area contributed by atoms with E-state index in [0.29, 0.717) is 6.04 Å². The maximum atomic E-state index is 12.3. The molecule has 0 unspecified atom stereocenters. The Morgan fingerprint density at radius 2 is 2.26 bits per heavy atom. The molecule has 3 aliphatic rings. The Morgan fingerprint density at radius 1 is 1.48 bits per heavy atom. The monoisotopic (exact) mass is 355 g/mol. The van der Waals surface area contributed by atoms with Gasteiger partial charge < -0.3 is 14.8 Å². The zero-order valence-corrected chi connectivity index (χ0v) is 15.1. The van der Waals surface area contributed by atoms with E-state index in [4.69, 9.17) is 21.1 Å². The van der Waals surface area contributed by atoms with Crippen LogP contribution in [0.3, 0.4) is 0 Å². The quantitative estimate of drug-likeness (QED) is 0.827. The van der Waals surface area contributed by atoms with Gasteiger partial charge in [0.25, 0.3) is 0 Å². The maximum Gasteiger partial charge on any atom is 0.313 e. The highest BCUT2D eigenvalue weighted by molar-refractivity contribution is 7.16. The van der Waals surface area contributed by atoms with Gasteiger partial charge in [-0.05, 0) is 50.7 Å². The molecule has 2 aliphatic heterocycles. The van der Waals surface area contributed by atoms with E-state index < -0.39 is 0 Å². The predicted octanol–water partition coefficient (Wildman–Crippen LogP) is 3.26. The van der Waals surface area contributed by atoms with Crippen molar-refractivity contribution in [2.24, 2.45) is 5.41 Å². The summed E-state index contributed by atoms with van der Waals surface area (Å²) in [5.41, 5.74) is 0.657. The lowest BCUT2D eigenvalue weighted by molar-refractivity contribution is -0.152. The van der Waals surface area contributed by atoms with Crippen molar-refractivity contribution in [2.45, 2.75) is 56.7 Å². The van der Waals surface area contributed by atoms with Gasteiger partial charge in [0.15, 0.2) is 0 Å². The fourth-order valence-electron chi connectivity index (χ4n) is 4.45. The number of esters is 1. The third-order valence-corrected chi connectivity index (χ3v) is 7.14. The topological polar surface area (TPSA) is 47.6 Å². The number of ether oxygens (including phenoxy) is 2. The summed E-state index contributed by atoms with van der Waals surface area (Å²) >= 11 is 7.92. The van der Waals surface area contributed by atoms with Crippen molar-refractivity contribution in [2.75, 3.05) is 13.7 Å². The minimum atomic E-state index is -0.363. The largest absolute Gasteiger partial charge is 0.469 e. The first-order chi connectivity index (χ1) is 11.0. The van der Waals surface area contributed by atoms with Crippen LogP contribution in [-0.4, -0.2) is 31.8 Å². The molecule has 126 valence electrons. The Kier molecular flexibility index (Phi) is 3.76. The van der Waals surface area contributed by atoms with Crippen molar-refractivity contribution in [1.29, 1.82) is 0 Å². The minimum absolute atomic E-state index is 0.0838. The molecule has 0 amide bonds. The van der Waals surface area contributed by atoms with Gasteiger partial charge in [-0.15, -0.1) is 11.3 Å². The first-order valence-corrected chi connectivity index (χ1v) is 9.46. The highest BCUT2D eigenvalue weighted by Gasteiger charge is 2.61. The van der Waals surface area contributed by atoms with Crippen LogP contribution in [0, 0.1) is 5.41 Å². The lowest BCUT2D eigenvalue weighted by Crippen LogP contribution is -2.57. The fourth-order valence-corrected chi connectivity index (χ4v) is 5.91. The van der Waals surface area contributed by atoms with Crippen LogP contribution in [0.5, 0.6) is 0 Å². The molecule has 0 bridgehead atoms. The summed E-state index contributed by atoms with van der Waals surface area (Å²) in [4.78, 5) is 13.6. The molecule has 3 heterocycles. The molecule has 4 nitrogen and oxygen atoms in total. The molecule has 1 saturated carbocycles. The first kappa shape index (κ1) is 15.9. The molecule has 3 atom stereocenters. The second-order valence-electron chi connectivity index (χ2n) is 7.17. The van der Waals surface area contributed by atoms with Gasteiger partial charge in [-0.1, -0.05) is 11.6 Å². The Labute approximate surface area is 145 Å². The molecule has 1 spiro atoms. The van der Waals surface area contributed by atoms with Gasteiger partial charge in [0.05, 0.1) is 23.5 Å². The van der Waals surface area contributed by atoms with Crippen LogP contribution in [0.1, 0.15) is 43.0 Å². The SMILES string of the molecule is COC(=O)C1([C@@H]2C[C@]3(C[C@H](C)N2)OCCc2cc(Cl)sc23)CC1. The molecule has 1 aliphatic carbocycles. The van der Waals surface area contributed by atoms with Gasteiger partial charge in [0.1, 0.15) is 5.60 Å². The summed E-state index contributed by atoms with van der Waals surface area (Å²) in [5, 5.41) is 3.63. The van der Waals surface area contributed by atoms with Gasteiger partial charge in [-0.25, -0.2) is 0 Å². The Bertz CT molecular complexity index is 642. The molecule has 23 heavy (non-hydrogen) atoms. The number of carbonyl (C=O) groups excluding carboxylic acids is 1. The average molecular weight is 356 g/mol. The van der Waals surface area contributed by atoms with Crippen molar-refractivity contribution in [3.63, 3.8) is 0 Å². The van der Waals surface area contributed by atoms with E-state index in [2.05, 4.69) is 18.3 Å². The molecule has 1 N–H and O–H groups in total. The van der Waals surface area contributed by atoms with E-state index >= 15 is 0 Å². The van der Waals surface area contributed by atoms with Crippen LogP contribution >= 0.6 is 22.9 Å². The van der Waals surface area contributed by atoms with Gasteiger partial charge in [-0.2, -0.15) is 0 Å². The molecule has 1 saturated heterocycles. The third-order valence-electron chi connectivity index (χ3n) is 5.65. The summed E-state index contributed by atoms with van der Waals surface area (Å²) in [7, 11) is 1.48. The lowest BCUT2D eigenvalue weighted by Gasteiger charge is -2.47. The number of carbonyl (C=O) groups is 1. The van der Waals surface area contributed by atoms with Crippen molar-refractivity contribution in [1.82, 2.24) is 5.32 Å². The molecule has 2 fully saturated rings. The zero-order chi connectivity index (χ0) is 16.2. The summed E-state index contributed by atoms with van der Waals surface area (Å²) in [6, 6.07) is 2.48. The van der Waals surface area contributed by atoms with Crippen LogP contribution in [0.4, 0.5) is 0 Å². The van der Waals surface area contributed by atoms with Crippen LogP contribution in [0.25, 0.3) is 0 Å². The van der Waals surface area contributed by atoms with E-state index in [1.807, 2.05) is 0 Å². The molecule has 6 heteroatoms. The van der Waals surface area contributed by atoms with Crippen molar-refractivity contribution in [3.05, 3.63) is 20.8 Å². The molecule has 4 rings (SSSR count). The van der Waals surface area contributed by atoms with E-state index in [1.165, 1.54) is 17.6 Å². The van der Waals surface area contributed by atoms with Crippen LogP contribution < -0.4 is 5.32 Å². The standard InChI is InChI=1S/C17H22ClNO3S/c1-10-8-17(14-11(3-6-22-17)7-13(18)23-14)9-12(19-10)16(4-5-16)15(20)21-2/h7,10,12,19H,3-6,8-9H2,1-2H3/t10-,12-,17-/m0/s1. The molecular weight excluding hydrogens is 334 g/mol. The van der Waals surface area contributed by atoms with Gasteiger partial charge >= 0.3 is 5.97 Å². The number of halogens is 1. The molecule has 0 radical (unpaired) electrons. The highest BCUT2D eigenvalue weighted by atomic mass is 35.5. The normalized spacial score (nSPS) is 34.9. The van der Waals surface area contributed by atoms with E-state index in [0.717, 1.165) is 43.0 Å². The van der Waals surface area contributed by atoms with Crippen molar-refractivity contribution < 1.29 is 14.3 Å². The lowest BCUT2D eigenvalue weighted by atomic mass is 9.75. The van der Waals surface area contributed by atoms with E-state index in [1.54, 1.807) is 11.3 Å². The van der Waals surface area contributed by atoms with Crippen LogP contribution in [-0.2, 0) is 26.3 Å². The average Bonchev–Trinajstić information content (AvgIpc) is 3.23. The second-order valence-corrected chi connectivity index (χ2v) is 8.86. The summed E-state index contributed by atoms with van der Waals surface area (Å²) < 4.78 is 12.3. The highest BCUT2D eigenvalue weighted by Crippen LogP contribution is 2.56. The molecule has 1 aromatic heterocycles. The Balaban J connectivity index is 1.69. The van der Waals surface area contributed by atoms with Gasteiger partial charge in [0.2, 0.25) is 0 Å². The number of fused-ring (bicyclic) bond motifs is 2. The number of hydrogen-bond acceptors (Lipinski definition) is 5. The Morgan fingerprint density at radius 3 is 2.96 bits per heavy atom. The zero-order valence-electron chi connectivity index (χ0n) is 13.5. The molecular formula is C17H22ClNO3S. The van der Waals surface area contributed by atoms with Gasteiger partial charge in [0, 0.05) is 17.0 Å². The number of nitrogens with one attached hydrogen (secondary N) is 1. The number of thiophene rings is 1. The number of rotatable bonds is 2. The van der Waals surface area contributed by atoms with Crippen LogP contribution in [0.2, 0.25) is 4.34 Å². The third kappa shape index (κ3) is 2.44. The van der Waals surface area contributed by atoms with Crippen molar-refractivity contribution in [3.8, 4) is 0 Å². The number of piperidine rings is 1. The number of hydrogen-bond donors (Lipinski definition) is 1. The van der Waals surface area contributed by atoms with E-state index in [-0.39, 0.29) is 23.0 Å². The minimum Gasteiger partial charge on any atom is -0.469 e. The summed E-state index contributed by atoms with van der Waals surface area (Å²) in [5.74, 6) is -0.0838. The van der Waals surface area contributed by atoms with Crippen LogP contribution in [0.15, 0.2) is 6.07 Å². The molecule has 0 aromatic carbocycles. The smallest absolute Gasteiger partial charge is 0.313 e. The van der Waals surface area contributed by atoms with Crippen molar-refractivity contribution >= 4 is 28.9 Å². The number of methoxy groups -OCH3 is 1. The predicted molar refractivity (Wildman–Crippen MR) is 90.0 cm³/mol. The van der Waals surface area contributed by atoms with E-state index in [9.17, 15) is 4.79 Å². The maximum absolute atomic E-state index is 12.3. The second kappa shape index (κ2) is 5.45. The summed E-state index contributed by atoms with van der Waals surface area (Å²) in [6.45, 7) is 2.90. The molecule has 1 aromatic rings. The Hall–Kier alpha value is -0.620. The summed E-state index contributed by atoms with van der Waals surface area (Å²) in [6.07, 6.45) is 4.46. The fraction of sp³-hybridized carbons (Fsp3) is 0.706. The first-order valence-electron chi connectivity index (χ1n) is 8.26. The van der Waals surface area contributed by atoms with Gasteiger partial charge in [-0.3, -0.25) is 4.79 Å².